The van der Waals surface area contributed by atoms with E-state index in [2.05, 4.69) is 5.32 Å². The number of rotatable bonds is 9. The lowest BCUT2D eigenvalue weighted by molar-refractivity contribution is -0.472. The summed E-state index contributed by atoms with van der Waals surface area (Å²) in [7, 11) is 0. The molecule has 0 aromatic heterocycles. The quantitative estimate of drug-likeness (QED) is 0.120. The number of carbonyl (C=O) groups excluding carboxylic acids is 5. The van der Waals surface area contributed by atoms with Crippen molar-refractivity contribution < 1.29 is 63.3 Å². The lowest BCUT2D eigenvalue weighted by atomic mass is 9.20. The molecule has 1 unspecified atom stereocenters. The second-order valence-electron chi connectivity index (χ2n) is 16.4. The first-order valence-corrected chi connectivity index (χ1v) is 19.2. The van der Waals surface area contributed by atoms with Gasteiger partial charge in [-0.2, -0.15) is 0 Å². The molecule has 304 valence electrons. The number of hydrogen-bond donors (Lipinski definition) is 5. The van der Waals surface area contributed by atoms with Crippen LogP contribution >= 0.6 is 0 Å². The van der Waals surface area contributed by atoms with Crippen molar-refractivity contribution in [1.29, 1.82) is 0 Å². The molecule has 12 atom stereocenters. The molecule has 1 spiro atoms. The summed E-state index contributed by atoms with van der Waals surface area (Å²) in [5.41, 5.74) is -8.86. The molecule has 5 aliphatic rings. The fraction of sp³-hybridized carbons (Fsp3) is 0.432. The third kappa shape index (κ3) is 4.98. The van der Waals surface area contributed by atoms with E-state index in [4.69, 9.17) is 18.9 Å². The van der Waals surface area contributed by atoms with E-state index in [9.17, 15) is 44.4 Å². The number of carbonyl (C=O) groups is 5. The second kappa shape index (κ2) is 13.7. The molecule has 3 aromatic carbocycles. The number of Topliss-reactive ketones (excluding diaryl/α,β-unsaturated/α-hetero) is 1. The van der Waals surface area contributed by atoms with Crippen LogP contribution in [-0.2, 0) is 33.3 Å². The Kier molecular flexibility index (Phi) is 9.32. The Morgan fingerprint density at radius 1 is 0.879 bits per heavy atom. The number of aliphatic hydroxyl groups excluding tert-OH is 3. The molecule has 8 rings (SSSR count). The van der Waals surface area contributed by atoms with E-state index < -0.39 is 106 Å². The monoisotopic (exact) mass is 795 g/mol. The fourth-order valence-corrected chi connectivity index (χ4v) is 11.4. The van der Waals surface area contributed by atoms with Crippen molar-refractivity contribution in [3.63, 3.8) is 0 Å². The summed E-state index contributed by atoms with van der Waals surface area (Å²) < 4.78 is 24.4. The maximum Gasteiger partial charge on any atom is 0.338 e. The first-order chi connectivity index (χ1) is 27.5. The molecule has 0 radical (unpaired) electrons. The SMILES string of the molecule is CC(=O)O[C@@]12CO[C@@H]1C[C@H](O)[C@@]1(C)C(=O)[C@H](O)C3=C(C)[C@@H](OC(=O)[C@H](O)[C@@H](NC(=O)c4ccccc4)c4ccccc4)C[C@@]4(O)[C@@H](OC(=O)c5ccccc5)C21[C@@]34C. The Hall–Kier alpha value is -5.25. The van der Waals surface area contributed by atoms with Crippen LogP contribution in [0.3, 0.4) is 0 Å². The van der Waals surface area contributed by atoms with Crippen LogP contribution in [0.25, 0.3) is 0 Å². The van der Waals surface area contributed by atoms with Crippen molar-refractivity contribution >= 4 is 29.6 Å². The largest absolute Gasteiger partial charge is 0.456 e. The number of esters is 3. The summed E-state index contributed by atoms with van der Waals surface area (Å²) in [6.45, 7) is 5.41. The number of ether oxygens (including phenoxy) is 4. The number of aliphatic hydroxyl groups is 4. The Morgan fingerprint density at radius 2 is 1.47 bits per heavy atom. The minimum absolute atomic E-state index is 0.0636. The molecular weight excluding hydrogens is 750 g/mol. The van der Waals surface area contributed by atoms with Gasteiger partial charge in [0.15, 0.2) is 17.5 Å². The highest BCUT2D eigenvalue weighted by atomic mass is 16.6. The Bertz CT molecular complexity index is 2220. The maximum absolute atomic E-state index is 14.8. The molecule has 1 amide bonds. The van der Waals surface area contributed by atoms with Gasteiger partial charge in [0.1, 0.15) is 30.0 Å². The number of fused-ring (bicyclic) bond motifs is 1. The smallest absolute Gasteiger partial charge is 0.338 e. The van der Waals surface area contributed by atoms with Crippen LogP contribution < -0.4 is 5.32 Å². The first-order valence-electron chi connectivity index (χ1n) is 19.2. The summed E-state index contributed by atoms with van der Waals surface area (Å²) in [4.78, 5) is 69.3. The van der Waals surface area contributed by atoms with Crippen LogP contribution in [0.5, 0.6) is 0 Å². The highest BCUT2D eigenvalue weighted by Crippen LogP contribution is 2.85. The zero-order chi connectivity index (χ0) is 41.6. The van der Waals surface area contributed by atoms with E-state index in [0.717, 1.165) is 0 Å². The predicted molar refractivity (Wildman–Crippen MR) is 201 cm³/mol. The van der Waals surface area contributed by atoms with Gasteiger partial charge in [0.2, 0.25) is 0 Å². The zero-order valence-electron chi connectivity index (χ0n) is 32.3. The van der Waals surface area contributed by atoms with E-state index in [-0.39, 0.29) is 35.3 Å². The first kappa shape index (κ1) is 39.6. The van der Waals surface area contributed by atoms with Crippen molar-refractivity contribution in [1.82, 2.24) is 5.32 Å². The van der Waals surface area contributed by atoms with Gasteiger partial charge in [0.25, 0.3) is 5.91 Å². The minimum atomic E-state index is -2.25. The van der Waals surface area contributed by atoms with Gasteiger partial charge in [-0.25, -0.2) is 9.59 Å². The summed E-state index contributed by atoms with van der Waals surface area (Å²) >= 11 is 0. The van der Waals surface area contributed by atoms with Crippen molar-refractivity contribution in [3.8, 4) is 0 Å². The average Bonchev–Trinajstić information content (AvgIpc) is 3.21. The fourth-order valence-electron chi connectivity index (χ4n) is 11.4. The van der Waals surface area contributed by atoms with E-state index in [1.54, 1.807) is 85.8 Å². The van der Waals surface area contributed by atoms with Gasteiger partial charge < -0.3 is 44.7 Å². The molecule has 58 heavy (non-hydrogen) atoms. The van der Waals surface area contributed by atoms with Gasteiger partial charge in [-0.15, -0.1) is 0 Å². The van der Waals surface area contributed by atoms with Crippen molar-refractivity contribution in [2.45, 2.75) is 94.4 Å². The second-order valence-corrected chi connectivity index (χ2v) is 16.4. The maximum atomic E-state index is 14.8. The molecule has 5 N–H and O–H groups in total. The highest BCUT2D eigenvalue weighted by molar-refractivity contribution is 5.98. The van der Waals surface area contributed by atoms with Crippen LogP contribution in [0, 0.1) is 16.2 Å². The number of nitrogens with one attached hydrogen (secondary N) is 1. The van der Waals surface area contributed by atoms with Crippen LogP contribution in [0.15, 0.2) is 102 Å². The van der Waals surface area contributed by atoms with Gasteiger partial charge in [-0.3, -0.25) is 14.4 Å². The number of hydrogen-bond acceptors (Lipinski definition) is 13. The lowest BCUT2D eigenvalue weighted by Crippen LogP contribution is -3.00. The van der Waals surface area contributed by atoms with Crippen LogP contribution in [0.4, 0.5) is 0 Å². The topological polar surface area (TPSA) is 215 Å². The zero-order valence-corrected chi connectivity index (χ0v) is 32.3. The highest BCUT2D eigenvalue weighted by Gasteiger charge is 2.99. The van der Waals surface area contributed by atoms with Gasteiger partial charge in [0, 0.05) is 30.7 Å². The standard InChI is InChI=1S/C44H45NO13/c1-23-28(56-38(53)34(49)32(25-14-8-5-9-15-25)45-36(51)26-16-10-6-11-17-26)21-42(54)39(57-37(52)27-18-12-7-13-19-27)44-40(3,35(50)33(48)31(23)41(42,44)4)29(47)20-30-43(44,22-55-30)58-24(2)46/h5-19,28-30,32-34,39,47-49,54H,20-22H2,1-4H3,(H,45,51)/t28-,29-,30+,32-,33+,34+,39+,40-,41-,42+,43-,44?/m0/s1. The predicted octanol–water partition coefficient (Wildman–Crippen LogP) is 2.53. The molecule has 4 fully saturated rings. The van der Waals surface area contributed by atoms with Crippen molar-refractivity contribution in [2.75, 3.05) is 6.61 Å². The third-order valence-corrected chi connectivity index (χ3v) is 13.9. The molecule has 1 saturated heterocycles. The van der Waals surface area contributed by atoms with Crippen LogP contribution in [0.2, 0.25) is 0 Å². The average molecular weight is 796 g/mol. The van der Waals surface area contributed by atoms with Crippen LogP contribution in [-0.4, -0.2) is 104 Å². The summed E-state index contributed by atoms with van der Waals surface area (Å²) in [5.74, 6) is -4.32. The van der Waals surface area contributed by atoms with E-state index in [1.807, 2.05) is 0 Å². The summed E-state index contributed by atoms with van der Waals surface area (Å²) in [6, 6.07) is 23.1. The molecule has 0 bridgehead atoms. The van der Waals surface area contributed by atoms with Gasteiger partial charge in [0.05, 0.1) is 35.1 Å². The Morgan fingerprint density at radius 3 is 2.03 bits per heavy atom. The normalized spacial score (nSPS) is 36.6. The summed E-state index contributed by atoms with van der Waals surface area (Å²) in [6.07, 6.45) is -10.3. The molecule has 3 saturated carbocycles. The Balaban J connectivity index is 1.24. The molecule has 14 heteroatoms. The third-order valence-electron chi connectivity index (χ3n) is 13.9. The number of amides is 1. The Labute approximate surface area is 333 Å². The minimum Gasteiger partial charge on any atom is -0.456 e. The molecule has 1 heterocycles. The van der Waals surface area contributed by atoms with Gasteiger partial charge in [-0.1, -0.05) is 73.7 Å². The van der Waals surface area contributed by atoms with E-state index in [0.29, 0.717) is 5.56 Å². The molecular formula is C44H45NO13. The summed E-state index contributed by atoms with van der Waals surface area (Å²) in [5, 5.41) is 51.6. The molecule has 1 aliphatic heterocycles. The van der Waals surface area contributed by atoms with Crippen LogP contribution in [0.1, 0.15) is 72.9 Å². The van der Waals surface area contributed by atoms with Gasteiger partial charge >= 0.3 is 17.9 Å². The van der Waals surface area contributed by atoms with Crippen molar-refractivity contribution in [2.24, 2.45) is 16.2 Å². The van der Waals surface area contributed by atoms with E-state index in [1.165, 1.54) is 32.9 Å². The molecule has 4 aliphatic carbocycles. The van der Waals surface area contributed by atoms with Gasteiger partial charge in [-0.05, 0) is 54.8 Å². The molecule has 14 nitrogen and oxygen atoms in total. The number of ketones is 1. The van der Waals surface area contributed by atoms with Crippen molar-refractivity contribution in [3.05, 3.63) is 119 Å². The van der Waals surface area contributed by atoms with E-state index >= 15 is 0 Å². The number of benzene rings is 3. The molecule has 3 aromatic rings. The lowest BCUT2D eigenvalue weighted by Gasteiger charge is -2.86.